The first kappa shape index (κ1) is 14.9. The van der Waals surface area contributed by atoms with Gasteiger partial charge in [-0.2, -0.15) is 5.10 Å². The highest BCUT2D eigenvalue weighted by molar-refractivity contribution is 5.97. The van der Waals surface area contributed by atoms with Gasteiger partial charge >= 0.3 is 0 Å². The Hall–Kier alpha value is -2.66. The Morgan fingerprint density at radius 2 is 2.04 bits per heavy atom. The van der Waals surface area contributed by atoms with Gasteiger partial charge in [0.25, 0.3) is 0 Å². The number of aromatic nitrogens is 2. The van der Waals surface area contributed by atoms with Crippen LogP contribution in [-0.4, -0.2) is 28.7 Å². The highest BCUT2D eigenvalue weighted by Crippen LogP contribution is 2.29. The largest absolute Gasteiger partial charge is 0.325 e. The van der Waals surface area contributed by atoms with Gasteiger partial charge in [0.2, 0.25) is 5.91 Å². The number of amides is 1. The zero-order valence-corrected chi connectivity index (χ0v) is 13.3. The lowest BCUT2D eigenvalue weighted by molar-refractivity contribution is -0.119. The summed E-state index contributed by atoms with van der Waals surface area (Å²) in [4.78, 5) is 12.8. The van der Waals surface area contributed by atoms with Gasteiger partial charge in [0, 0.05) is 17.0 Å². The normalized spacial score (nSPS) is 20.8. The molecule has 0 spiro atoms. The van der Waals surface area contributed by atoms with Crippen molar-refractivity contribution in [1.29, 1.82) is 0 Å². The first-order valence-electron chi connectivity index (χ1n) is 8.33. The maximum atomic E-state index is 12.8. The molecule has 2 unspecified atom stereocenters. The number of hydrogen-bond donors (Lipinski definition) is 3. The van der Waals surface area contributed by atoms with Crippen molar-refractivity contribution in [1.82, 2.24) is 15.5 Å². The molecule has 0 aliphatic carbocycles. The fourth-order valence-electron chi connectivity index (χ4n) is 3.46. The van der Waals surface area contributed by atoms with Crippen molar-refractivity contribution >= 4 is 22.5 Å². The molecule has 1 aliphatic rings. The Bertz CT molecular complexity index is 843. The van der Waals surface area contributed by atoms with Crippen LogP contribution in [0.3, 0.4) is 0 Å². The minimum absolute atomic E-state index is 0.0198. The van der Waals surface area contributed by atoms with Crippen molar-refractivity contribution in [3.63, 3.8) is 0 Å². The molecule has 4 rings (SSSR count). The molecule has 1 fully saturated rings. The second kappa shape index (κ2) is 6.45. The summed E-state index contributed by atoms with van der Waals surface area (Å²) in [5.41, 5.74) is 2.98. The van der Waals surface area contributed by atoms with Crippen LogP contribution in [0.1, 0.15) is 24.3 Å². The van der Waals surface area contributed by atoms with Crippen molar-refractivity contribution in [3.8, 4) is 0 Å². The molecule has 5 nitrogen and oxygen atoms in total. The van der Waals surface area contributed by atoms with E-state index >= 15 is 0 Å². The van der Waals surface area contributed by atoms with Gasteiger partial charge in [0.05, 0.1) is 17.8 Å². The number of rotatable bonds is 3. The molecule has 5 heteroatoms. The molecule has 1 aromatic heterocycles. The number of carbonyl (C=O) groups excluding carboxylic acids is 1. The molecule has 122 valence electrons. The van der Waals surface area contributed by atoms with Crippen LogP contribution in [0, 0.1) is 0 Å². The molecular weight excluding hydrogens is 300 g/mol. The van der Waals surface area contributed by atoms with E-state index in [1.165, 1.54) is 5.56 Å². The van der Waals surface area contributed by atoms with Gasteiger partial charge in [-0.05, 0) is 43.1 Å². The number of carbonyl (C=O) groups is 1. The second-order valence-electron chi connectivity index (χ2n) is 6.25. The van der Waals surface area contributed by atoms with Crippen LogP contribution in [0.2, 0.25) is 0 Å². The SMILES string of the molecule is O=C(Nc1ccc2[nH]ncc2c1)C1NCCCC1c1ccccc1. The highest BCUT2D eigenvalue weighted by atomic mass is 16.2. The standard InChI is InChI=1S/C19H20N4O/c24-19(22-15-8-9-17-14(11-15)12-21-23-17)18-16(7-4-10-20-18)13-5-2-1-3-6-13/h1-3,5-6,8-9,11-12,16,18,20H,4,7,10H2,(H,21,23)(H,22,24). The van der Waals surface area contributed by atoms with E-state index < -0.39 is 0 Å². The third kappa shape index (κ3) is 2.90. The van der Waals surface area contributed by atoms with E-state index in [-0.39, 0.29) is 17.9 Å². The minimum atomic E-state index is -0.207. The fourth-order valence-corrected chi connectivity index (χ4v) is 3.46. The number of anilines is 1. The molecule has 2 atom stereocenters. The van der Waals surface area contributed by atoms with E-state index in [0.29, 0.717) is 0 Å². The number of hydrogen-bond acceptors (Lipinski definition) is 3. The molecule has 0 radical (unpaired) electrons. The van der Waals surface area contributed by atoms with Crippen LogP contribution in [0.15, 0.2) is 54.7 Å². The summed E-state index contributed by atoms with van der Waals surface area (Å²) in [7, 11) is 0. The van der Waals surface area contributed by atoms with Crippen molar-refractivity contribution in [2.45, 2.75) is 24.8 Å². The van der Waals surface area contributed by atoms with Crippen LogP contribution in [-0.2, 0) is 4.79 Å². The number of piperidine rings is 1. The molecule has 0 saturated carbocycles. The monoisotopic (exact) mass is 320 g/mol. The Labute approximate surface area is 140 Å². The predicted octanol–water partition coefficient (Wildman–Crippen LogP) is 3.04. The van der Waals surface area contributed by atoms with E-state index in [1.54, 1.807) is 6.20 Å². The van der Waals surface area contributed by atoms with Crippen molar-refractivity contribution in [3.05, 3.63) is 60.3 Å². The van der Waals surface area contributed by atoms with E-state index in [0.717, 1.165) is 36.0 Å². The highest BCUT2D eigenvalue weighted by Gasteiger charge is 2.31. The number of fused-ring (bicyclic) bond motifs is 1. The lowest BCUT2D eigenvalue weighted by atomic mass is 9.84. The van der Waals surface area contributed by atoms with Crippen molar-refractivity contribution in [2.24, 2.45) is 0 Å². The van der Waals surface area contributed by atoms with Gasteiger partial charge in [-0.15, -0.1) is 0 Å². The zero-order valence-electron chi connectivity index (χ0n) is 13.3. The summed E-state index contributed by atoms with van der Waals surface area (Å²) in [6, 6.07) is 15.9. The number of nitrogens with one attached hydrogen (secondary N) is 3. The average Bonchev–Trinajstić information content (AvgIpc) is 3.10. The van der Waals surface area contributed by atoms with E-state index in [9.17, 15) is 4.79 Å². The smallest absolute Gasteiger partial charge is 0.242 e. The van der Waals surface area contributed by atoms with Gasteiger partial charge in [-0.25, -0.2) is 0 Å². The molecular formula is C19H20N4O. The maximum absolute atomic E-state index is 12.8. The molecule has 2 heterocycles. The van der Waals surface area contributed by atoms with Gasteiger partial charge in [-0.3, -0.25) is 9.89 Å². The second-order valence-corrected chi connectivity index (χ2v) is 6.25. The maximum Gasteiger partial charge on any atom is 0.242 e. The molecule has 1 aliphatic heterocycles. The molecule has 0 bridgehead atoms. The van der Waals surface area contributed by atoms with E-state index in [1.807, 2.05) is 36.4 Å². The van der Waals surface area contributed by atoms with Crippen molar-refractivity contribution in [2.75, 3.05) is 11.9 Å². The van der Waals surface area contributed by atoms with Crippen LogP contribution in [0.5, 0.6) is 0 Å². The summed E-state index contributed by atoms with van der Waals surface area (Å²) in [5.74, 6) is 0.226. The molecule has 24 heavy (non-hydrogen) atoms. The molecule has 1 saturated heterocycles. The number of nitrogens with zero attached hydrogens (tertiary/aromatic N) is 1. The average molecular weight is 320 g/mol. The van der Waals surface area contributed by atoms with Crippen LogP contribution in [0.4, 0.5) is 5.69 Å². The molecule has 3 N–H and O–H groups in total. The van der Waals surface area contributed by atoms with Gasteiger partial charge in [0.1, 0.15) is 0 Å². The van der Waals surface area contributed by atoms with Crippen LogP contribution < -0.4 is 10.6 Å². The Balaban J connectivity index is 1.55. The van der Waals surface area contributed by atoms with Gasteiger partial charge in [-0.1, -0.05) is 30.3 Å². The van der Waals surface area contributed by atoms with Gasteiger partial charge in [0.15, 0.2) is 0 Å². The van der Waals surface area contributed by atoms with Crippen LogP contribution in [0.25, 0.3) is 10.9 Å². The zero-order chi connectivity index (χ0) is 16.4. The lowest BCUT2D eigenvalue weighted by Crippen LogP contribution is -2.48. The Kier molecular flexibility index (Phi) is 4.01. The first-order chi connectivity index (χ1) is 11.8. The first-order valence-corrected chi connectivity index (χ1v) is 8.33. The lowest BCUT2D eigenvalue weighted by Gasteiger charge is -2.32. The van der Waals surface area contributed by atoms with E-state index in [2.05, 4.69) is 33.0 Å². The number of benzene rings is 2. The predicted molar refractivity (Wildman–Crippen MR) is 94.9 cm³/mol. The number of H-pyrrole nitrogens is 1. The third-order valence-corrected chi connectivity index (χ3v) is 4.68. The quantitative estimate of drug-likeness (QED) is 0.695. The van der Waals surface area contributed by atoms with E-state index in [4.69, 9.17) is 0 Å². The summed E-state index contributed by atoms with van der Waals surface area (Å²) in [5, 5.41) is 14.4. The van der Waals surface area contributed by atoms with Gasteiger partial charge < -0.3 is 10.6 Å². The molecule has 1 amide bonds. The summed E-state index contributed by atoms with van der Waals surface area (Å²) >= 11 is 0. The Morgan fingerprint density at radius 1 is 1.17 bits per heavy atom. The molecule has 2 aromatic carbocycles. The third-order valence-electron chi connectivity index (χ3n) is 4.68. The molecule has 3 aromatic rings. The minimum Gasteiger partial charge on any atom is -0.325 e. The van der Waals surface area contributed by atoms with Crippen LogP contribution >= 0.6 is 0 Å². The summed E-state index contributed by atoms with van der Waals surface area (Å²) in [6.07, 6.45) is 3.87. The van der Waals surface area contributed by atoms with Crippen molar-refractivity contribution < 1.29 is 4.79 Å². The topological polar surface area (TPSA) is 69.8 Å². The Morgan fingerprint density at radius 3 is 2.92 bits per heavy atom. The summed E-state index contributed by atoms with van der Waals surface area (Å²) < 4.78 is 0. The summed E-state index contributed by atoms with van der Waals surface area (Å²) in [6.45, 7) is 0.877. The number of aromatic amines is 1. The fraction of sp³-hybridized carbons (Fsp3) is 0.263.